The Morgan fingerprint density at radius 3 is 2.62 bits per heavy atom. The standard InChI is InChI=1S/C8H9N4O6P.C2H6/c1-2-6-9-3-5-7(10-4-11-12(5)6)17-8(13)18-19(14,15)16;1-2/h3-4H,2H2,1H3,(H2,14,15,16);1-2H3. The second-order valence-corrected chi connectivity index (χ2v) is 4.49. The van der Waals surface area contributed by atoms with Gasteiger partial charge in [0.1, 0.15) is 17.7 Å². The second-order valence-electron chi connectivity index (χ2n) is 3.32. The number of nitrogens with zero attached hydrogens (tertiary/aromatic N) is 4. The molecule has 0 aliphatic rings. The zero-order valence-corrected chi connectivity index (χ0v) is 12.5. The van der Waals surface area contributed by atoms with Gasteiger partial charge in [-0.25, -0.2) is 18.9 Å². The molecule has 0 spiro atoms. The van der Waals surface area contributed by atoms with Gasteiger partial charge in [-0.05, 0) is 0 Å². The van der Waals surface area contributed by atoms with Gasteiger partial charge in [0.15, 0.2) is 0 Å². The molecule has 0 atom stereocenters. The van der Waals surface area contributed by atoms with Crippen molar-refractivity contribution in [1.82, 2.24) is 19.6 Å². The van der Waals surface area contributed by atoms with Crippen molar-refractivity contribution >= 4 is 19.5 Å². The first-order chi connectivity index (χ1) is 9.90. The molecule has 10 nitrogen and oxygen atoms in total. The molecule has 0 amide bonds. The van der Waals surface area contributed by atoms with Gasteiger partial charge in [-0.1, -0.05) is 20.8 Å². The fourth-order valence-corrected chi connectivity index (χ4v) is 1.60. The molecule has 2 heterocycles. The third kappa shape index (κ3) is 4.48. The van der Waals surface area contributed by atoms with Crippen LogP contribution in [0, 0.1) is 0 Å². The van der Waals surface area contributed by atoms with Crippen molar-refractivity contribution < 1.29 is 28.4 Å². The van der Waals surface area contributed by atoms with Gasteiger partial charge < -0.3 is 9.26 Å². The number of phosphoric acid groups is 1. The van der Waals surface area contributed by atoms with Gasteiger partial charge in [0.2, 0.25) is 0 Å². The molecule has 0 aromatic carbocycles. The van der Waals surface area contributed by atoms with Crippen LogP contribution in [0.25, 0.3) is 5.52 Å². The van der Waals surface area contributed by atoms with Crippen molar-refractivity contribution in [3.05, 3.63) is 18.3 Å². The number of aromatic nitrogens is 4. The highest BCUT2D eigenvalue weighted by Gasteiger charge is 2.23. The Morgan fingerprint density at radius 1 is 1.38 bits per heavy atom. The highest BCUT2D eigenvalue weighted by Crippen LogP contribution is 2.36. The van der Waals surface area contributed by atoms with Gasteiger partial charge in [0.05, 0.1) is 6.20 Å². The fraction of sp³-hybridized carbons (Fsp3) is 0.400. The summed E-state index contributed by atoms with van der Waals surface area (Å²) in [6.07, 6.45) is 1.53. The third-order valence-corrected chi connectivity index (χ3v) is 2.45. The maximum absolute atomic E-state index is 11.1. The van der Waals surface area contributed by atoms with Crippen molar-refractivity contribution in [2.75, 3.05) is 0 Å². The van der Waals surface area contributed by atoms with Crippen LogP contribution in [0.3, 0.4) is 0 Å². The van der Waals surface area contributed by atoms with Crippen LogP contribution in [0.4, 0.5) is 4.79 Å². The number of hydrogen-bond acceptors (Lipinski definition) is 7. The van der Waals surface area contributed by atoms with E-state index in [1.54, 1.807) is 0 Å². The molecule has 0 aliphatic heterocycles. The van der Waals surface area contributed by atoms with Gasteiger partial charge in [-0.3, -0.25) is 9.79 Å². The van der Waals surface area contributed by atoms with Crippen molar-refractivity contribution in [2.45, 2.75) is 27.2 Å². The minimum Gasteiger partial charge on any atom is -0.373 e. The van der Waals surface area contributed by atoms with Crippen molar-refractivity contribution in [1.29, 1.82) is 0 Å². The Labute approximate surface area is 120 Å². The summed E-state index contributed by atoms with van der Waals surface area (Å²) in [6.45, 7) is 5.86. The number of rotatable bonds is 3. The maximum Gasteiger partial charge on any atom is 0.529 e. The minimum atomic E-state index is -4.96. The predicted molar refractivity (Wildman–Crippen MR) is 70.7 cm³/mol. The van der Waals surface area contributed by atoms with Gasteiger partial charge in [-0.15, -0.1) is 0 Å². The summed E-state index contributed by atoms with van der Waals surface area (Å²) in [6, 6.07) is 0. The highest BCUT2D eigenvalue weighted by molar-refractivity contribution is 7.46. The summed E-state index contributed by atoms with van der Waals surface area (Å²) in [5.41, 5.74) is 0.280. The van der Waals surface area contributed by atoms with Crippen LogP contribution in [0.5, 0.6) is 5.88 Å². The van der Waals surface area contributed by atoms with Gasteiger partial charge >= 0.3 is 14.0 Å². The van der Waals surface area contributed by atoms with E-state index >= 15 is 0 Å². The first-order valence-electron chi connectivity index (χ1n) is 6.05. The quantitative estimate of drug-likeness (QED) is 0.634. The molecule has 0 saturated carbocycles. The number of ether oxygens (including phenoxy) is 1. The van der Waals surface area contributed by atoms with Crippen LogP contribution < -0.4 is 4.74 Å². The predicted octanol–water partition coefficient (Wildman–Crippen LogP) is 1.32. The van der Waals surface area contributed by atoms with E-state index in [9.17, 15) is 9.36 Å². The first kappa shape index (κ1) is 17.0. The van der Waals surface area contributed by atoms with Crippen molar-refractivity contribution in [3.63, 3.8) is 0 Å². The molecule has 2 aromatic rings. The smallest absolute Gasteiger partial charge is 0.373 e. The van der Waals surface area contributed by atoms with E-state index < -0.39 is 14.0 Å². The molecule has 21 heavy (non-hydrogen) atoms. The van der Waals surface area contributed by atoms with Crippen LogP contribution in [0.1, 0.15) is 26.6 Å². The molecule has 0 bridgehead atoms. The van der Waals surface area contributed by atoms with E-state index in [1.807, 2.05) is 20.8 Å². The van der Waals surface area contributed by atoms with Crippen molar-refractivity contribution in [2.24, 2.45) is 0 Å². The lowest BCUT2D eigenvalue weighted by Crippen LogP contribution is -2.11. The molecule has 11 heteroatoms. The van der Waals surface area contributed by atoms with E-state index in [-0.39, 0.29) is 11.4 Å². The van der Waals surface area contributed by atoms with E-state index in [0.29, 0.717) is 12.2 Å². The Balaban J connectivity index is 0.00000106. The lowest BCUT2D eigenvalue weighted by Gasteiger charge is -2.06. The van der Waals surface area contributed by atoms with Gasteiger partial charge in [0.25, 0.3) is 5.88 Å². The monoisotopic (exact) mass is 318 g/mol. The number of aryl methyl sites for hydroxylation is 1. The molecule has 0 fully saturated rings. The van der Waals surface area contributed by atoms with Gasteiger partial charge in [0, 0.05) is 6.42 Å². The van der Waals surface area contributed by atoms with E-state index in [4.69, 9.17) is 9.79 Å². The van der Waals surface area contributed by atoms with E-state index in [1.165, 1.54) is 10.7 Å². The Kier molecular flexibility index (Phi) is 5.77. The zero-order chi connectivity index (χ0) is 16.0. The minimum absolute atomic E-state index is 0.208. The zero-order valence-electron chi connectivity index (χ0n) is 11.6. The van der Waals surface area contributed by atoms with Crippen LogP contribution >= 0.6 is 7.82 Å². The van der Waals surface area contributed by atoms with Crippen LogP contribution in [-0.2, 0) is 15.5 Å². The normalized spacial score (nSPS) is 10.7. The van der Waals surface area contributed by atoms with Crippen LogP contribution in [-0.4, -0.2) is 35.5 Å². The SMILES string of the molecule is CC.CCc1ncc2c(OC(=O)OP(=O)(O)O)ncnn12. The number of carbonyl (C=O) groups is 1. The van der Waals surface area contributed by atoms with Crippen LogP contribution in [0.15, 0.2) is 12.5 Å². The lowest BCUT2D eigenvalue weighted by atomic mass is 10.5. The Bertz CT molecular complexity index is 667. The molecule has 2 N–H and O–H groups in total. The second kappa shape index (κ2) is 7.11. The Hall–Kier alpha value is -2.03. The van der Waals surface area contributed by atoms with Gasteiger partial charge in [-0.2, -0.15) is 10.1 Å². The number of carbonyl (C=O) groups excluding carboxylic acids is 1. The molecule has 2 aromatic heterocycles. The first-order valence-corrected chi connectivity index (χ1v) is 7.58. The molecule has 0 aliphatic carbocycles. The summed E-state index contributed by atoms with van der Waals surface area (Å²) < 4.78 is 20.2. The summed E-state index contributed by atoms with van der Waals surface area (Å²) in [5.74, 6) is 0.409. The molecular formula is C10H15N4O6P. The Morgan fingerprint density at radius 2 is 2.05 bits per heavy atom. The fourth-order valence-electron chi connectivity index (χ4n) is 1.37. The third-order valence-electron chi connectivity index (χ3n) is 2.06. The molecule has 0 saturated heterocycles. The summed E-state index contributed by atoms with van der Waals surface area (Å²) >= 11 is 0. The number of imidazole rings is 1. The summed E-state index contributed by atoms with van der Waals surface area (Å²) in [7, 11) is -4.96. The highest BCUT2D eigenvalue weighted by atomic mass is 31.2. The van der Waals surface area contributed by atoms with E-state index in [2.05, 4.69) is 24.3 Å². The van der Waals surface area contributed by atoms with E-state index in [0.717, 1.165) is 6.33 Å². The number of hydrogen-bond donors (Lipinski definition) is 2. The molecule has 2 rings (SSSR count). The molecule has 0 unspecified atom stereocenters. The topological polar surface area (TPSA) is 136 Å². The molecule has 116 valence electrons. The van der Waals surface area contributed by atoms with Crippen LogP contribution in [0.2, 0.25) is 0 Å². The lowest BCUT2D eigenvalue weighted by molar-refractivity contribution is 0.131. The average molecular weight is 318 g/mol. The number of phosphoric ester groups is 1. The number of fused-ring (bicyclic) bond motifs is 1. The van der Waals surface area contributed by atoms with Crippen molar-refractivity contribution in [3.8, 4) is 5.88 Å². The maximum atomic E-state index is 11.1. The summed E-state index contributed by atoms with van der Waals surface area (Å²) in [5, 5.41) is 3.91. The summed E-state index contributed by atoms with van der Waals surface area (Å²) in [4.78, 5) is 35.7. The molecular weight excluding hydrogens is 303 g/mol. The average Bonchev–Trinajstić information content (AvgIpc) is 2.83. The largest absolute Gasteiger partial charge is 0.529 e. The molecule has 0 radical (unpaired) electrons.